The molecule has 76 valence electrons. The molecule has 0 aliphatic carbocycles. The molecule has 2 unspecified atom stereocenters. The molecule has 1 saturated heterocycles. The lowest BCUT2D eigenvalue weighted by Gasteiger charge is -2.27. The predicted molar refractivity (Wildman–Crippen MR) is 64.1 cm³/mol. The molecule has 14 heavy (non-hydrogen) atoms. The van der Waals surface area contributed by atoms with E-state index in [-0.39, 0.29) is 0 Å². The number of hydrogen-bond acceptors (Lipinski definition) is 2. The van der Waals surface area contributed by atoms with Crippen LogP contribution in [0.25, 0.3) is 0 Å². The molecule has 1 aliphatic rings. The van der Waals surface area contributed by atoms with Crippen molar-refractivity contribution in [2.45, 2.75) is 18.2 Å². The normalized spacial score (nSPS) is 27.6. The summed E-state index contributed by atoms with van der Waals surface area (Å²) in [6.07, 6.45) is 0. The van der Waals surface area contributed by atoms with Crippen LogP contribution in [0, 0.1) is 0 Å². The highest BCUT2D eigenvalue weighted by Crippen LogP contribution is 2.26. The molecule has 1 aromatic carbocycles. The third-order valence-corrected chi connectivity index (χ3v) is 3.98. The molecule has 1 aliphatic heterocycles. The van der Waals surface area contributed by atoms with Gasteiger partial charge < -0.3 is 5.32 Å². The number of benzene rings is 1. The SMILES string of the molecule is CC1CNC(c2ccc(Cl)cc2)CS1. The van der Waals surface area contributed by atoms with E-state index in [0.29, 0.717) is 6.04 Å². The second-order valence-electron chi connectivity index (χ2n) is 3.66. The standard InChI is InChI=1S/C11H14ClNS/c1-8-6-13-11(7-14-8)9-2-4-10(12)5-3-9/h2-5,8,11,13H,6-7H2,1H3. The van der Waals surface area contributed by atoms with E-state index in [1.165, 1.54) is 5.56 Å². The van der Waals surface area contributed by atoms with Gasteiger partial charge in [0, 0.05) is 28.6 Å². The van der Waals surface area contributed by atoms with Crippen LogP contribution in [-0.2, 0) is 0 Å². The summed E-state index contributed by atoms with van der Waals surface area (Å²) < 4.78 is 0. The number of halogens is 1. The van der Waals surface area contributed by atoms with E-state index in [9.17, 15) is 0 Å². The quantitative estimate of drug-likeness (QED) is 0.792. The van der Waals surface area contributed by atoms with E-state index in [2.05, 4.69) is 24.4 Å². The van der Waals surface area contributed by atoms with Gasteiger partial charge in [-0.25, -0.2) is 0 Å². The maximum atomic E-state index is 5.85. The molecule has 3 heteroatoms. The van der Waals surface area contributed by atoms with E-state index in [1.807, 2.05) is 23.9 Å². The summed E-state index contributed by atoms with van der Waals surface area (Å²) in [5.41, 5.74) is 1.34. The first-order chi connectivity index (χ1) is 6.75. The van der Waals surface area contributed by atoms with Crippen LogP contribution in [0.5, 0.6) is 0 Å². The van der Waals surface area contributed by atoms with Crippen LogP contribution >= 0.6 is 23.4 Å². The summed E-state index contributed by atoms with van der Waals surface area (Å²) in [6, 6.07) is 8.63. The van der Waals surface area contributed by atoms with E-state index < -0.39 is 0 Å². The maximum absolute atomic E-state index is 5.85. The van der Waals surface area contributed by atoms with Gasteiger partial charge in [0.1, 0.15) is 0 Å². The zero-order chi connectivity index (χ0) is 9.97. The Morgan fingerprint density at radius 3 is 2.64 bits per heavy atom. The highest BCUT2D eigenvalue weighted by atomic mass is 35.5. The molecule has 0 spiro atoms. The van der Waals surface area contributed by atoms with Crippen molar-refractivity contribution >= 4 is 23.4 Å². The third-order valence-electron chi connectivity index (χ3n) is 2.47. The molecule has 2 rings (SSSR count). The highest BCUT2D eigenvalue weighted by molar-refractivity contribution is 8.00. The van der Waals surface area contributed by atoms with Crippen molar-refractivity contribution in [3.8, 4) is 0 Å². The Kier molecular flexibility index (Phi) is 3.37. The number of thioether (sulfide) groups is 1. The molecular formula is C11H14ClNS. The lowest BCUT2D eigenvalue weighted by atomic mass is 10.1. The lowest BCUT2D eigenvalue weighted by molar-refractivity contribution is 0.564. The molecule has 1 heterocycles. The third kappa shape index (κ3) is 2.44. The summed E-state index contributed by atoms with van der Waals surface area (Å²) >= 11 is 7.88. The van der Waals surface area contributed by atoms with Gasteiger partial charge in [0.25, 0.3) is 0 Å². The molecule has 0 amide bonds. The van der Waals surface area contributed by atoms with Crippen LogP contribution in [0.2, 0.25) is 5.02 Å². The van der Waals surface area contributed by atoms with Crippen LogP contribution in [0.1, 0.15) is 18.5 Å². The first-order valence-electron chi connectivity index (χ1n) is 4.86. The van der Waals surface area contributed by atoms with Gasteiger partial charge in [0.2, 0.25) is 0 Å². The van der Waals surface area contributed by atoms with Crippen molar-refractivity contribution in [1.29, 1.82) is 0 Å². The van der Waals surface area contributed by atoms with E-state index >= 15 is 0 Å². The molecule has 1 fully saturated rings. The second-order valence-corrected chi connectivity index (χ2v) is 5.56. The van der Waals surface area contributed by atoms with Crippen LogP contribution < -0.4 is 5.32 Å². The minimum Gasteiger partial charge on any atom is -0.308 e. The molecule has 0 saturated carbocycles. The number of nitrogens with one attached hydrogen (secondary N) is 1. The van der Waals surface area contributed by atoms with E-state index in [1.54, 1.807) is 0 Å². The van der Waals surface area contributed by atoms with Gasteiger partial charge in [0.15, 0.2) is 0 Å². The van der Waals surface area contributed by atoms with Gasteiger partial charge in [-0.1, -0.05) is 30.7 Å². The summed E-state index contributed by atoms with van der Waals surface area (Å²) in [5, 5.41) is 5.09. The summed E-state index contributed by atoms with van der Waals surface area (Å²) in [4.78, 5) is 0. The first kappa shape index (κ1) is 10.3. The van der Waals surface area contributed by atoms with Crippen molar-refractivity contribution in [3.63, 3.8) is 0 Å². The summed E-state index contributed by atoms with van der Waals surface area (Å²) in [5.74, 6) is 1.16. The minimum absolute atomic E-state index is 0.494. The Labute approximate surface area is 94.2 Å². The van der Waals surface area contributed by atoms with Crippen molar-refractivity contribution in [1.82, 2.24) is 5.32 Å². The lowest BCUT2D eigenvalue weighted by Crippen LogP contribution is -2.34. The molecule has 0 aromatic heterocycles. The molecular weight excluding hydrogens is 214 g/mol. The van der Waals surface area contributed by atoms with Crippen LogP contribution in [0.4, 0.5) is 0 Å². The maximum Gasteiger partial charge on any atom is 0.0412 e. The Morgan fingerprint density at radius 2 is 2.07 bits per heavy atom. The van der Waals surface area contributed by atoms with Gasteiger partial charge in [-0.15, -0.1) is 0 Å². The molecule has 1 nitrogen and oxygen atoms in total. The van der Waals surface area contributed by atoms with Gasteiger partial charge in [-0.2, -0.15) is 11.8 Å². The van der Waals surface area contributed by atoms with Crippen molar-refractivity contribution in [2.75, 3.05) is 12.3 Å². The summed E-state index contributed by atoms with van der Waals surface area (Å²) in [6.45, 7) is 3.35. The zero-order valence-corrected chi connectivity index (χ0v) is 9.74. The molecule has 1 N–H and O–H groups in total. The number of rotatable bonds is 1. The Bertz CT molecular complexity index is 291. The zero-order valence-electron chi connectivity index (χ0n) is 8.16. The minimum atomic E-state index is 0.494. The molecule has 0 bridgehead atoms. The molecule has 2 atom stereocenters. The molecule has 0 radical (unpaired) electrons. The average Bonchev–Trinajstić information content (AvgIpc) is 2.21. The highest BCUT2D eigenvalue weighted by Gasteiger charge is 2.18. The van der Waals surface area contributed by atoms with Crippen molar-refractivity contribution < 1.29 is 0 Å². The smallest absolute Gasteiger partial charge is 0.0412 e. The predicted octanol–water partition coefficient (Wildman–Crippen LogP) is 3.11. The average molecular weight is 228 g/mol. The monoisotopic (exact) mass is 227 g/mol. The summed E-state index contributed by atoms with van der Waals surface area (Å²) in [7, 11) is 0. The van der Waals surface area contributed by atoms with Gasteiger partial charge in [0.05, 0.1) is 0 Å². The van der Waals surface area contributed by atoms with Gasteiger partial charge in [-0.05, 0) is 17.7 Å². The fourth-order valence-corrected chi connectivity index (χ4v) is 2.77. The van der Waals surface area contributed by atoms with Gasteiger partial charge >= 0.3 is 0 Å². The topological polar surface area (TPSA) is 12.0 Å². The van der Waals surface area contributed by atoms with Crippen LogP contribution in [-0.4, -0.2) is 17.5 Å². The largest absolute Gasteiger partial charge is 0.308 e. The Balaban J connectivity index is 2.05. The van der Waals surface area contributed by atoms with Crippen LogP contribution in [0.15, 0.2) is 24.3 Å². The van der Waals surface area contributed by atoms with E-state index in [0.717, 1.165) is 22.6 Å². The first-order valence-corrected chi connectivity index (χ1v) is 6.29. The second kappa shape index (κ2) is 4.56. The number of hydrogen-bond donors (Lipinski definition) is 1. The molecule has 1 aromatic rings. The fourth-order valence-electron chi connectivity index (χ4n) is 1.60. The van der Waals surface area contributed by atoms with Crippen molar-refractivity contribution in [2.24, 2.45) is 0 Å². The van der Waals surface area contributed by atoms with E-state index in [4.69, 9.17) is 11.6 Å². The Morgan fingerprint density at radius 1 is 1.36 bits per heavy atom. The fraction of sp³-hybridized carbons (Fsp3) is 0.455. The van der Waals surface area contributed by atoms with Gasteiger partial charge in [-0.3, -0.25) is 0 Å². The van der Waals surface area contributed by atoms with Crippen LogP contribution in [0.3, 0.4) is 0 Å². The Hall–Kier alpha value is -0.180. The van der Waals surface area contributed by atoms with Crippen molar-refractivity contribution in [3.05, 3.63) is 34.9 Å².